The summed E-state index contributed by atoms with van der Waals surface area (Å²) in [4.78, 5) is 0. The fourth-order valence-electron chi connectivity index (χ4n) is 2.51. The predicted molar refractivity (Wildman–Crippen MR) is 75.2 cm³/mol. The van der Waals surface area contributed by atoms with Crippen LogP contribution in [0.15, 0.2) is 0 Å². The molecule has 0 aromatic rings. The van der Waals surface area contributed by atoms with Gasteiger partial charge in [0.15, 0.2) is 0 Å². The van der Waals surface area contributed by atoms with Crippen LogP contribution < -0.4 is 5.32 Å². The highest BCUT2D eigenvalue weighted by Gasteiger charge is 2.23. The molecule has 1 aliphatic heterocycles. The maximum absolute atomic E-state index is 12.3. The van der Waals surface area contributed by atoms with Crippen LogP contribution in [0.5, 0.6) is 0 Å². The summed E-state index contributed by atoms with van der Waals surface area (Å²) in [7, 11) is -2.81. The van der Waals surface area contributed by atoms with E-state index in [2.05, 4.69) is 5.32 Å². The van der Waals surface area contributed by atoms with E-state index in [1.165, 1.54) is 19.3 Å². The summed E-state index contributed by atoms with van der Waals surface area (Å²) in [6.45, 7) is 6.92. The van der Waals surface area contributed by atoms with Crippen LogP contribution in [0.25, 0.3) is 0 Å². The lowest BCUT2D eigenvalue weighted by Crippen LogP contribution is -2.14. The molecule has 1 heterocycles. The van der Waals surface area contributed by atoms with Crippen molar-refractivity contribution in [2.75, 3.05) is 32.5 Å². The van der Waals surface area contributed by atoms with Crippen molar-refractivity contribution in [2.24, 2.45) is 5.92 Å². The van der Waals surface area contributed by atoms with Gasteiger partial charge in [0.05, 0.1) is 19.4 Å². The van der Waals surface area contributed by atoms with Crippen molar-refractivity contribution in [1.82, 2.24) is 5.32 Å². The summed E-state index contributed by atoms with van der Waals surface area (Å²) in [5.41, 5.74) is 0. The van der Waals surface area contributed by atoms with Crippen LogP contribution in [0, 0.1) is 5.92 Å². The van der Waals surface area contributed by atoms with Crippen molar-refractivity contribution >= 4 is 7.60 Å². The maximum Gasteiger partial charge on any atom is 0.330 e. The highest BCUT2D eigenvalue weighted by atomic mass is 31.2. The first kappa shape index (κ1) is 16.2. The van der Waals surface area contributed by atoms with Crippen molar-refractivity contribution in [3.63, 3.8) is 0 Å². The van der Waals surface area contributed by atoms with Gasteiger partial charge in [-0.05, 0) is 65.0 Å². The van der Waals surface area contributed by atoms with Gasteiger partial charge in [0, 0.05) is 0 Å². The molecule has 0 bridgehead atoms. The predicted octanol–water partition coefficient (Wildman–Crippen LogP) is 3.42. The third-order valence-electron chi connectivity index (χ3n) is 3.39. The third-order valence-corrected chi connectivity index (χ3v) is 5.56. The number of hydrogen-bond acceptors (Lipinski definition) is 4. The summed E-state index contributed by atoms with van der Waals surface area (Å²) in [6, 6.07) is 0. The Morgan fingerprint density at radius 2 is 1.89 bits per heavy atom. The van der Waals surface area contributed by atoms with Crippen molar-refractivity contribution < 1.29 is 13.6 Å². The fraction of sp³-hybridized carbons (Fsp3) is 1.00. The molecule has 0 radical (unpaired) electrons. The fourth-order valence-corrected chi connectivity index (χ4v) is 4.20. The van der Waals surface area contributed by atoms with Crippen molar-refractivity contribution in [2.45, 2.75) is 46.0 Å². The number of hydrogen-bond donors (Lipinski definition) is 1. The van der Waals surface area contributed by atoms with Crippen LogP contribution in [0.1, 0.15) is 46.0 Å². The topological polar surface area (TPSA) is 47.6 Å². The standard InChI is InChI=1S/C13H28NO3P/c1-3-16-18(15,17-4-2)12-6-8-13-7-5-10-14-11-9-13/h13-14H,3-12H2,1-2H3. The molecule has 1 fully saturated rings. The summed E-state index contributed by atoms with van der Waals surface area (Å²) in [6.07, 6.45) is 6.46. The van der Waals surface area contributed by atoms with Crippen LogP contribution in [-0.2, 0) is 13.6 Å². The second-order valence-corrected chi connectivity index (χ2v) is 7.04. The minimum absolute atomic E-state index is 0.463. The molecule has 0 amide bonds. The first-order valence-corrected chi connectivity index (χ1v) is 9.02. The molecular formula is C13H28NO3P. The zero-order chi connectivity index (χ0) is 13.3. The van der Waals surface area contributed by atoms with Gasteiger partial charge in [-0.25, -0.2) is 0 Å². The molecule has 0 spiro atoms. The van der Waals surface area contributed by atoms with Crippen LogP contribution in [0.4, 0.5) is 0 Å². The third kappa shape index (κ3) is 6.33. The Kier molecular flexibility index (Phi) is 8.16. The van der Waals surface area contributed by atoms with Crippen LogP contribution in [0.3, 0.4) is 0 Å². The van der Waals surface area contributed by atoms with Crippen molar-refractivity contribution in [1.29, 1.82) is 0 Å². The van der Waals surface area contributed by atoms with Gasteiger partial charge in [-0.3, -0.25) is 4.57 Å². The van der Waals surface area contributed by atoms with Crippen LogP contribution >= 0.6 is 7.60 Å². The molecule has 0 aromatic carbocycles. The van der Waals surface area contributed by atoms with Crippen LogP contribution in [0.2, 0.25) is 0 Å². The van der Waals surface area contributed by atoms with Gasteiger partial charge < -0.3 is 14.4 Å². The molecule has 1 rings (SSSR count). The summed E-state index contributed by atoms with van der Waals surface area (Å²) in [5.74, 6) is 0.775. The molecule has 1 aliphatic rings. The average Bonchev–Trinajstić information content (AvgIpc) is 2.58. The average molecular weight is 277 g/mol. The van der Waals surface area contributed by atoms with E-state index < -0.39 is 7.60 Å². The quantitative estimate of drug-likeness (QED) is 0.691. The smallest absolute Gasteiger partial charge is 0.317 e. The molecule has 18 heavy (non-hydrogen) atoms. The van der Waals surface area contributed by atoms with Gasteiger partial charge in [0.25, 0.3) is 0 Å². The van der Waals surface area contributed by atoms with E-state index in [-0.39, 0.29) is 0 Å². The second kappa shape index (κ2) is 9.08. The van der Waals surface area contributed by atoms with E-state index in [1.807, 2.05) is 13.8 Å². The Bertz CT molecular complexity index is 243. The monoisotopic (exact) mass is 277 g/mol. The Morgan fingerprint density at radius 1 is 1.17 bits per heavy atom. The zero-order valence-corrected chi connectivity index (χ0v) is 12.7. The van der Waals surface area contributed by atoms with Gasteiger partial charge in [0.2, 0.25) is 0 Å². The molecule has 1 unspecified atom stereocenters. The first-order valence-electron chi connectivity index (χ1n) is 7.29. The van der Waals surface area contributed by atoms with Crippen molar-refractivity contribution in [3.8, 4) is 0 Å². The van der Waals surface area contributed by atoms with Gasteiger partial charge in [-0.2, -0.15) is 0 Å². The normalized spacial score (nSPS) is 21.8. The number of rotatable bonds is 8. The molecule has 0 aromatic heterocycles. The van der Waals surface area contributed by atoms with Crippen LogP contribution in [-0.4, -0.2) is 32.5 Å². The highest BCUT2D eigenvalue weighted by Crippen LogP contribution is 2.49. The van der Waals surface area contributed by atoms with E-state index in [0.29, 0.717) is 19.4 Å². The summed E-state index contributed by atoms with van der Waals surface area (Å²) < 4.78 is 22.9. The largest absolute Gasteiger partial charge is 0.330 e. The SMILES string of the molecule is CCOP(=O)(CCCC1CCCNCC1)OCC. The van der Waals surface area contributed by atoms with Crippen molar-refractivity contribution in [3.05, 3.63) is 0 Å². The molecular weight excluding hydrogens is 249 g/mol. The number of nitrogens with one attached hydrogen (secondary N) is 1. The van der Waals surface area contributed by atoms with Gasteiger partial charge in [-0.15, -0.1) is 0 Å². The lowest BCUT2D eigenvalue weighted by molar-refractivity contribution is 0.219. The van der Waals surface area contributed by atoms with E-state index in [0.717, 1.165) is 31.8 Å². The Labute approximate surface area is 111 Å². The molecule has 1 atom stereocenters. The highest BCUT2D eigenvalue weighted by molar-refractivity contribution is 7.53. The molecule has 5 heteroatoms. The van der Waals surface area contributed by atoms with E-state index in [4.69, 9.17) is 9.05 Å². The molecule has 0 saturated carbocycles. The molecule has 1 N–H and O–H groups in total. The van der Waals surface area contributed by atoms with E-state index >= 15 is 0 Å². The Balaban J connectivity index is 2.26. The molecule has 4 nitrogen and oxygen atoms in total. The van der Waals surface area contributed by atoms with Gasteiger partial charge in [0.1, 0.15) is 0 Å². The minimum Gasteiger partial charge on any atom is -0.317 e. The van der Waals surface area contributed by atoms with E-state index in [1.54, 1.807) is 0 Å². The van der Waals surface area contributed by atoms with Gasteiger partial charge in [-0.1, -0.05) is 0 Å². The zero-order valence-electron chi connectivity index (χ0n) is 11.8. The lowest BCUT2D eigenvalue weighted by Gasteiger charge is -2.18. The Hall–Kier alpha value is 0.110. The van der Waals surface area contributed by atoms with Gasteiger partial charge >= 0.3 is 7.60 Å². The maximum atomic E-state index is 12.3. The molecule has 108 valence electrons. The summed E-state index contributed by atoms with van der Waals surface area (Å²) in [5, 5.41) is 3.42. The summed E-state index contributed by atoms with van der Waals surface area (Å²) >= 11 is 0. The second-order valence-electron chi connectivity index (χ2n) is 4.86. The Morgan fingerprint density at radius 3 is 2.56 bits per heavy atom. The lowest BCUT2D eigenvalue weighted by atomic mass is 9.96. The first-order chi connectivity index (χ1) is 8.70. The molecule has 1 saturated heterocycles. The minimum atomic E-state index is -2.81. The van der Waals surface area contributed by atoms with E-state index in [9.17, 15) is 4.57 Å². The molecule has 0 aliphatic carbocycles.